The van der Waals surface area contributed by atoms with Crippen molar-refractivity contribution in [2.24, 2.45) is 5.73 Å². The maximum atomic E-state index is 16.3. The third-order valence-corrected chi connectivity index (χ3v) is 18.0. The lowest BCUT2D eigenvalue weighted by atomic mass is 9.88. The van der Waals surface area contributed by atoms with Gasteiger partial charge in [-0.05, 0) is 92.8 Å². The first kappa shape index (κ1) is 60.6. The van der Waals surface area contributed by atoms with Crippen molar-refractivity contribution in [2.75, 3.05) is 95.9 Å². The minimum Gasteiger partial charge on any atom is -0.465 e. The highest BCUT2D eigenvalue weighted by Gasteiger charge is 2.47. The Kier molecular flexibility index (Phi) is 18.3. The van der Waals surface area contributed by atoms with E-state index in [9.17, 15) is 38.4 Å². The maximum Gasteiger partial charge on any atom is 0.340 e. The van der Waals surface area contributed by atoms with Gasteiger partial charge in [0.2, 0.25) is 23.6 Å². The van der Waals surface area contributed by atoms with Crippen molar-refractivity contribution in [2.45, 2.75) is 108 Å². The van der Waals surface area contributed by atoms with E-state index in [4.69, 9.17) is 25.7 Å². The number of carbonyl (C=O) groups is 8. The number of rotatable bonds is 22. The summed E-state index contributed by atoms with van der Waals surface area (Å²) in [4.78, 5) is 122. The Morgan fingerprint density at radius 2 is 1.57 bits per heavy atom. The van der Waals surface area contributed by atoms with Crippen LogP contribution in [0.1, 0.15) is 118 Å². The molecule has 26 heteroatoms. The number of carbonyl (C=O) groups excluding carboxylic acids is 8. The van der Waals surface area contributed by atoms with Crippen LogP contribution in [0.2, 0.25) is 0 Å². The van der Waals surface area contributed by atoms with Crippen LogP contribution in [-0.2, 0) is 40.0 Å². The molecule has 0 spiro atoms. The fraction of sp³-hybridized carbons (Fsp3) is 0.484. The van der Waals surface area contributed by atoms with E-state index in [1.54, 1.807) is 45.8 Å². The molecule has 4 fully saturated rings. The molecule has 1 atom stereocenters. The molecule has 3 aromatic heterocycles. The van der Waals surface area contributed by atoms with Crippen molar-refractivity contribution >= 4 is 86.6 Å². The van der Waals surface area contributed by atoms with E-state index in [2.05, 4.69) is 43.3 Å². The fourth-order valence-electron chi connectivity index (χ4n) is 13.2. The van der Waals surface area contributed by atoms with Gasteiger partial charge in [-0.15, -0.1) is 9.69 Å². The summed E-state index contributed by atoms with van der Waals surface area (Å²) >= 11 is 0. The number of nitrogens with zero attached hydrogens (tertiary/aromatic N) is 11. The number of esters is 1. The lowest BCUT2D eigenvalue weighted by Gasteiger charge is -2.39. The summed E-state index contributed by atoms with van der Waals surface area (Å²) in [6.45, 7) is 6.02. The van der Waals surface area contributed by atoms with Crippen LogP contribution in [0.4, 0.5) is 26.5 Å². The molecule has 3 aromatic carbocycles. The third-order valence-electron chi connectivity index (χ3n) is 18.0. The van der Waals surface area contributed by atoms with Crippen LogP contribution >= 0.6 is 0 Å². The van der Waals surface area contributed by atoms with Gasteiger partial charge in [0.1, 0.15) is 43.3 Å². The predicted molar refractivity (Wildman–Crippen MR) is 325 cm³/mol. The Labute approximate surface area is 508 Å². The third kappa shape index (κ3) is 13.0. The molecule has 12 rings (SSSR count). The number of aromatic nitrogens is 6. The molecule has 6 aliphatic rings. The quantitative estimate of drug-likeness (QED) is 0.0351. The summed E-state index contributed by atoms with van der Waals surface area (Å²) in [6, 6.07) is 16.6. The van der Waals surface area contributed by atoms with Crippen LogP contribution in [0.3, 0.4) is 0 Å². The molecular weight excluding hydrogens is 1130 g/mol. The van der Waals surface area contributed by atoms with E-state index in [1.165, 1.54) is 6.07 Å². The minimum atomic E-state index is -0.695. The van der Waals surface area contributed by atoms with E-state index in [-0.39, 0.29) is 102 Å². The number of likely N-dealkylation sites (N-methyl/N-ethyl adjacent to an activating group) is 1. The van der Waals surface area contributed by atoms with Crippen LogP contribution in [0.25, 0.3) is 32.9 Å². The van der Waals surface area contributed by atoms with Gasteiger partial charge in [0.05, 0.1) is 49.2 Å². The molecule has 0 saturated carbocycles. The number of likely N-dealkylation sites (tertiary alicyclic amines) is 1. The van der Waals surface area contributed by atoms with Gasteiger partial charge in [0.15, 0.2) is 11.5 Å². The van der Waals surface area contributed by atoms with Crippen molar-refractivity contribution in [1.82, 2.24) is 64.9 Å². The maximum absolute atomic E-state index is 16.3. The smallest absolute Gasteiger partial charge is 0.340 e. The van der Waals surface area contributed by atoms with Gasteiger partial charge >= 0.3 is 17.9 Å². The number of piperidine rings is 3. The summed E-state index contributed by atoms with van der Waals surface area (Å²) < 4.78 is 22.5. The summed E-state index contributed by atoms with van der Waals surface area (Å²) in [5.74, 6) is -2.22. The molecule has 8 amide bonds. The number of amides is 8. The van der Waals surface area contributed by atoms with E-state index >= 15 is 4.39 Å². The molecule has 0 radical (unpaired) electrons. The number of fused-ring (bicyclic) bond motifs is 2. The molecule has 0 unspecified atom stereocenters. The van der Waals surface area contributed by atoms with Crippen molar-refractivity contribution in [3.05, 3.63) is 89.8 Å². The summed E-state index contributed by atoms with van der Waals surface area (Å²) in [5.41, 5.74) is 10.3. The van der Waals surface area contributed by atoms with E-state index in [0.29, 0.717) is 123 Å². The zero-order valence-electron chi connectivity index (χ0n) is 49.8. The van der Waals surface area contributed by atoms with Crippen molar-refractivity contribution in [3.63, 3.8) is 0 Å². The molecule has 6 aliphatic heterocycles. The van der Waals surface area contributed by atoms with Crippen LogP contribution in [0.15, 0.2) is 67.0 Å². The molecule has 6 N–H and O–H groups in total. The average Bonchev–Trinajstić information content (AvgIpc) is 1.59. The van der Waals surface area contributed by atoms with E-state index in [1.807, 2.05) is 41.1 Å². The number of ether oxygens (including phenoxy) is 1. The van der Waals surface area contributed by atoms with Gasteiger partial charge in [-0.25, -0.2) is 23.9 Å². The summed E-state index contributed by atoms with van der Waals surface area (Å²) in [6.07, 6.45) is 10.00. The average molecular weight is 1210 g/mol. The van der Waals surface area contributed by atoms with E-state index in [0.717, 1.165) is 49.9 Å². The number of hydrogen-bond acceptors (Lipinski definition) is 15. The second-order valence-electron chi connectivity index (χ2n) is 23.6. The molecule has 88 heavy (non-hydrogen) atoms. The van der Waals surface area contributed by atoms with Gasteiger partial charge in [0, 0.05) is 106 Å². The van der Waals surface area contributed by atoms with E-state index < -0.39 is 29.5 Å². The van der Waals surface area contributed by atoms with Gasteiger partial charge in [-0.2, -0.15) is 5.10 Å². The van der Waals surface area contributed by atoms with Crippen LogP contribution in [-0.4, -0.2) is 183 Å². The molecule has 0 aliphatic carbocycles. The van der Waals surface area contributed by atoms with Crippen LogP contribution in [0.5, 0.6) is 0 Å². The minimum absolute atomic E-state index is 0.0346. The Balaban J connectivity index is 0.627. The Morgan fingerprint density at radius 1 is 0.784 bits per heavy atom. The summed E-state index contributed by atoms with van der Waals surface area (Å²) in [5, 5.41) is 22.1. The van der Waals surface area contributed by atoms with Crippen LogP contribution < -0.4 is 36.5 Å². The number of anilines is 3. The Bertz CT molecular complexity index is 3650. The zero-order valence-corrected chi connectivity index (χ0v) is 49.8. The second kappa shape index (κ2) is 26.5. The first-order chi connectivity index (χ1) is 42.6. The molecule has 464 valence electrons. The molecule has 25 nitrogen and oxygen atoms in total. The normalized spacial score (nSPS) is 19.2. The van der Waals surface area contributed by atoms with Crippen molar-refractivity contribution in [1.29, 1.82) is 0 Å². The van der Waals surface area contributed by atoms with Gasteiger partial charge in [0.25, 0.3) is 5.91 Å². The standard InChI is InChI=1S/C62H75FN16O9/c1-3-88-56(85)36-67-52(81)35-66-53(82)38-77-48-11-7-10-45-46-32-49-42(31-47(46)63)33-69-78(49)79(29-21-41(22-30-79)58(72-77)57(45)48)55(84)18-17-51(80)65-23-6-4-5-12-54(83)74-25-19-40(20-26-74)39-13-15-43(16-14-39)70-61-59(60(64)86)68-34-50(71-61)75-24-8-9-44(37-75)76-28-27-73(2)62(76)87/h7,10-11,13-16,31-34,40-41,44H,3-6,8-9,12,17-30,35-38H2,1-2H3,(H5-,64,65,66,67,70,71,80,81,82,86)/p+1/t41?,44-,79?/m1/s1. The molecule has 9 heterocycles. The largest absolute Gasteiger partial charge is 0.465 e. The topological polar surface area (TPSA) is 294 Å². The number of urea groups is 1. The Morgan fingerprint density at radius 3 is 2.32 bits per heavy atom. The molecule has 4 bridgehead atoms. The number of benzene rings is 3. The highest BCUT2D eigenvalue weighted by Crippen LogP contribution is 2.43. The lowest BCUT2D eigenvalue weighted by molar-refractivity contribution is -0.143. The lowest BCUT2D eigenvalue weighted by Crippen LogP contribution is -2.65. The number of quaternary nitrogens is 1. The zero-order chi connectivity index (χ0) is 61.6. The number of primary amides is 1. The number of unbranched alkanes of at least 4 members (excludes halogenated alkanes) is 2. The first-order valence-corrected chi connectivity index (χ1v) is 30.7. The Hall–Kier alpha value is -9.07. The molecule has 6 aromatic rings. The van der Waals surface area contributed by atoms with Gasteiger partial charge in [-0.3, -0.25) is 33.4 Å². The highest BCUT2D eigenvalue weighted by molar-refractivity contribution is 6.01. The van der Waals surface area contributed by atoms with Gasteiger partial charge < -0.3 is 51.3 Å². The molecule has 4 saturated heterocycles. The monoisotopic (exact) mass is 1210 g/mol. The van der Waals surface area contributed by atoms with Crippen molar-refractivity contribution < 1.29 is 47.5 Å². The number of nitrogens with two attached hydrogens (primary N) is 1. The number of halogens is 1. The second-order valence-corrected chi connectivity index (χ2v) is 23.6. The SMILES string of the molecule is CCOC(=O)CNC(=O)CNC(=O)Cn1nc2c3c(cccc31)-c1cc3c(cnn3[N+]3(C(=O)CCC(=O)NCCCCCC(=O)N4CCC(c5ccc(Nc6nc(N7CCC[C@@H](N8CCN(C)C8=O)C7)cnc6C(N)=O)cc5)CC4)CCC2CC3)cc1F. The van der Waals surface area contributed by atoms with Crippen molar-refractivity contribution in [3.8, 4) is 11.1 Å². The molecular formula is C62H76FN16O9+. The first-order valence-electron chi connectivity index (χ1n) is 30.7. The number of nitrogens with one attached hydrogen (secondary N) is 4. The van der Waals surface area contributed by atoms with Crippen LogP contribution in [0, 0.1) is 5.82 Å². The van der Waals surface area contributed by atoms with Gasteiger partial charge in [-0.1, -0.05) is 35.5 Å². The number of hydrogen-bond donors (Lipinski definition) is 5. The summed E-state index contributed by atoms with van der Waals surface area (Å²) in [7, 11) is 1.82. The fourth-order valence-corrected chi connectivity index (χ4v) is 13.2. The highest BCUT2D eigenvalue weighted by atomic mass is 19.1. The predicted octanol–water partition coefficient (Wildman–Crippen LogP) is 4.68.